The minimum Gasteiger partial charge on any atom is -0.490 e. The van der Waals surface area contributed by atoms with Crippen molar-refractivity contribution in [1.82, 2.24) is 0 Å². The van der Waals surface area contributed by atoms with Gasteiger partial charge in [-0.1, -0.05) is 24.3 Å². The second-order valence-corrected chi connectivity index (χ2v) is 4.66. The average Bonchev–Trinajstić information content (AvgIpc) is 2.49. The molecule has 0 radical (unpaired) electrons. The highest BCUT2D eigenvalue weighted by molar-refractivity contribution is 5.95. The van der Waals surface area contributed by atoms with Gasteiger partial charge in [-0.2, -0.15) is 0 Å². The lowest BCUT2D eigenvalue weighted by atomic mass is 10.0. The molecular weight excluding hydrogens is 264 g/mol. The van der Waals surface area contributed by atoms with Gasteiger partial charge in [0, 0.05) is 5.56 Å². The van der Waals surface area contributed by atoms with Gasteiger partial charge in [-0.05, 0) is 50.1 Å². The van der Waals surface area contributed by atoms with Crippen molar-refractivity contribution in [2.45, 2.75) is 20.8 Å². The van der Waals surface area contributed by atoms with Gasteiger partial charge in [0.25, 0.3) is 0 Å². The molecule has 0 saturated carbocycles. The van der Waals surface area contributed by atoms with Crippen LogP contribution in [-0.4, -0.2) is 19.0 Å². The summed E-state index contributed by atoms with van der Waals surface area (Å²) in [7, 11) is 0. The molecule has 0 unspecified atom stereocenters. The molecule has 0 bridgehead atoms. The van der Waals surface area contributed by atoms with E-state index < -0.39 is 0 Å². The second-order valence-electron chi connectivity index (χ2n) is 4.66. The van der Waals surface area contributed by atoms with Crippen molar-refractivity contribution in [3.8, 4) is 22.6 Å². The van der Waals surface area contributed by atoms with Crippen LogP contribution in [0, 0.1) is 0 Å². The molecule has 0 N–H and O–H groups in total. The highest BCUT2D eigenvalue weighted by atomic mass is 16.5. The van der Waals surface area contributed by atoms with E-state index in [4.69, 9.17) is 9.47 Å². The van der Waals surface area contributed by atoms with E-state index in [1.165, 1.54) is 0 Å². The second kappa shape index (κ2) is 6.93. The molecule has 0 heterocycles. The van der Waals surface area contributed by atoms with Crippen LogP contribution in [0.1, 0.15) is 31.1 Å². The molecule has 2 aromatic carbocycles. The largest absolute Gasteiger partial charge is 0.490 e. The zero-order valence-corrected chi connectivity index (χ0v) is 12.7. The highest BCUT2D eigenvalue weighted by Gasteiger charge is 2.08. The molecule has 110 valence electrons. The van der Waals surface area contributed by atoms with Gasteiger partial charge in [-0.15, -0.1) is 0 Å². The van der Waals surface area contributed by atoms with Crippen molar-refractivity contribution >= 4 is 5.78 Å². The summed E-state index contributed by atoms with van der Waals surface area (Å²) in [6.45, 7) is 6.64. The van der Waals surface area contributed by atoms with Gasteiger partial charge >= 0.3 is 0 Å². The lowest BCUT2D eigenvalue weighted by molar-refractivity contribution is 0.101. The van der Waals surface area contributed by atoms with Crippen LogP contribution in [-0.2, 0) is 0 Å². The monoisotopic (exact) mass is 284 g/mol. The first-order valence-corrected chi connectivity index (χ1v) is 7.16. The van der Waals surface area contributed by atoms with Crippen LogP contribution in [0.2, 0.25) is 0 Å². The van der Waals surface area contributed by atoms with E-state index in [0.29, 0.717) is 18.8 Å². The van der Waals surface area contributed by atoms with E-state index in [-0.39, 0.29) is 5.78 Å². The van der Waals surface area contributed by atoms with Gasteiger partial charge < -0.3 is 9.47 Å². The van der Waals surface area contributed by atoms with E-state index >= 15 is 0 Å². The fourth-order valence-electron chi connectivity index (χ4n) is 2.15. The van der Waals surface area contributed by atoms with Gasteiger partial charge in [0.2, 0.25) is 0 Å². The molecule has 0 aliphatic rings. The highest BCUT2D eigenvalue weighted by Crippen LogP contribution is 2.33. The first-order valence-electron chi connectivity index (χ1n) is 7.16. The van der Waals surface area contributed by atoms with Crippen LogP contribution in [0.5, 0.6) is 11.5 Å². The maximum atomic E-state index is 11.5. The molecule has 0 aliphatic carbocycles. The maximum absolute atomic E-state index is 11.5. The van der Waals surface area contributed by atoms with E-state index in [0.717, 1.165) is 22.6 Å². The molecule has 3 heteroatoms. The number of ketones is 1. The zero-order chi connectivity index (χ0) is 15.2. The molecule has 2 rings (SSSR count). The van der Waals surface area contributed by atoms with Gasteiger partial charge in [0.15, 0.2) is 17.3 Å². The maximum Gasteiger partial charge on any atom is 0.161 e. The average molecular weight is 284 g/mol. The molecule has 0 aliphatic heterocycles. The quantitative estimate of drug-likeness (QED) is 0.740. The third-order valence-corrected chi connectivity index (χ3v) is 3.15. The van der Waals surface area contributed by atoms with E-state index in [1.54, 1.807) is 6.92 Å². The number of carbonyl (C=O) groups excluding carboxylic acids is 1. The standard InChI is InChI=1S/C18H20O3/c1-4-20-17-10-9-16(12-18(17)21-5-2)15-8-6-7-14(11-15)13(3)19/h6-12H,4-5H2,1-3H3. The van der Waals surface area contributed by atoms with E-state index in [2.05, 4.69) is 0 Å². The van der Waals surface area contributed by atoms with Crippen molar-refractivity contribution in [2.24, 2.45) is 0 Å². The smallest absolute Gasteiger partial charge is 0.161 e. The van der Waals surface area contributed by atoms with Crippen LogP contribution >= 0.6 is 0 Å². The Morgan fingerprint density at radius 1 is 0.905 bits per heavy atom. The summed E-state index contributed by atoms with van der Waals surface area (Å²) in [4.78, 5) is 11.5. The number of benzene rings is 2. The molecule has 2 aromatic rings. The number of rotatable bonds is 6. The van der Waals surface area contributed by atoms with Crippen molar-refractivity contribution in [3.63, 3.8) is 0 Å². The first kappa shape index (κ1) is 15.1. The number of hydrogen-bond donors (Lipinski definition) is 0. The van der Waals surface area contributed by atoms with E-state index in [1.807, 2.05) is 56.3 Å². The zero-order valence-electron chi connectivity index (χ0n) is 12.7. The summed E-state index contributed by atoms with van der Waals surface area (Å²) in [5.41, 5.74) is 2.70. The SMILES string of the molecule is CCOc1ccc(-c2cccc(C(C)=O)c2)cc1OCC. The Morgan fingerprint density at radius 3 is 2.24 bits per heavy atom. The Balaban J connectivity index is 2.42. The van der Waals surface area contributed by atoms with Crippen LogP contribution in [0.15, 0.2) is 42.5 Å². The van der Waals surface area contributed by atoms with Crippen molar-refractivity contribution in [2.75, 3.05) is 13.2 Å². The van der Waals surface area contributed by atoms with Crippen LogP contribution in [0.25, 0.3) is 11.1 Å². The van der Waals surface area contributed by atoms with Crippen molar-refractivity contribution in [3.05, 3.63) is 48.0 Å². The van der Waals surface area contributed by atoms with Gasteiger partial charge in [0.1, 0.15) is 0 Å². The Hall–Kier alpha value is -2.29. The molecule has 0 amide bonds. The summed E-state index contributed by atoms with van der Waals surface area (Å²) in [5, 5.41) is 0. The molecule has 3 nitrogen and oxygen atoms in total. The van der Waals surface area contributed by atoms with Crippen LogP contribution < -0.4 is 9.47 Å². The Bertz CT molecular complexity index is 632. The Labute approximate surface area is 125 Å². The summed E-state index contributed by atoms with van der Waals surface area (Å²) in [6, 6.07) is 13.4. The van der Waals surface area contributed by atoms with Crippen molar-refractivity contribution in [1.29, 1.82) is 0 Å². The van der Waals surface area contributed by atoms with Gasteiger partial charge in [-0.3, -0.25) is 4.79 Å². The predicted octanol–water partition coefficient (Wildman–Crippen LogP) is 4.35. The van der Waals surface area contributed by atoms with Crippen LogP contribution in [0.4, 0.5) is 0 Å². The Morgan fingerprint density at radius 2 is 1.57 bits per heavy atom. The molecule has 0 fully saturated rings. The summed E-state index contributed by atoms with van der Waals surface area (Å²) >= 11 is 0. The van der Waals surface area contributed by atoms with Crippen LogP contribution in [0.3, 0.4) is 0 Å². The first-order chi connectivity index (χ1) is 10.2. The lowest BCUT2D eigenvalue weighted by Gasteiger charge is -2.12. The Kier molecular flexibility index (Phi) is 4.99. The fourth-order valence-corrected chi connectivity index (χ4v) is 2.15. The molecule has 0 aromatic heterocycles. The number of Topliss-reactive ketones (excluding diaryl/α,β-unsaturated/α-hetero) is 1. The number of hydrogen-bond acceptors (Lipinski definition) is 3. The summed E-state index contributed by atoms with van der Waals surface area (Å²) in [5.74, 6) is 1.53. The fraction of sp³-hybridized carbons (Fsp3) is 0.278. The minimum absolute atomic E-state index is 0.0628. The summed E-state index contributed by atoms with van der Waals surface area (Å²) in [6.07, 6.45) is 0. The lowest BCUT2D eigenvalue weighted by Crippen LogP contribution is -1.98. The molecule has 0 spiro atoms. The van der Waals surface area contributed by atoms with Crippen molar-refractivity contribution < 1.29 is 14.3 Å². The molecule has 21 heavy (non-hydrogen) atoms. The third kappa shape index (κ3) is 3.63. The third-order valence-electron chi connectivity index (χ3n) is 3.15. The topological polar surface area (TPSA) is 35.5 Å². The number of ether oxygens (including phenoxy) is 2. The molecule has 0 saturated heterocycles. The van der Waals surface area contributed by atoms with E-state index in [9.17, 15) is 4.79 Å². The predicted molar refractivity (Wildman–Crippen MR) is 84.2 cm³/mol. The minimum atomic E-state index is 0.0628. The molecular formula is C18H20O3. The van der Waals surface area contributed by atoms with Gasteiger partial charge in [-0.25, -0.2) is 0 Å². The summed E-state index contributed by atoms with van der Waals surface area (Å²) < 4.78 is 11.2. The number of carbonyl (C=O) groups is 1. The normalized spacial score (nSPS) is 10.2. The van der Waals surface area contributed by atoms with Gasteiger partial charge in [0.05, 0.1) is 13.2 Å². The molecule has 0 atom stereocenters.